The molecule has 0 aliphatic heterocycles. The quantitative estimate of drug-likeness (QED) is 0.393. The summed E-state index contributed by atoms with van der Waals surface area (Å²) in [5.74, 6) is -57.7. The summed E-state index contributed by atoms with van der Waals surface area (Å²) < 4.78 is 226. The van der Waals surface area contributed by atoms with Gasteiger partial charge in [-0.05, 0) is 13.0 Å². The Morgan fingerprint density at radius 2 is 0.882 bits per heavy atom. The molecule has 0 aromatic carbocycles. The SMILES string of the molecule is CC(O)(c1cccnc1)C(F)(F)C(F)(F)C(F)(F)C(F)(F)C(F)(F)C(F)(F)C(F)(F)C(F)(F)F. The Balaban J connectivity index is 3.76. The molecule has 198 valence electrons. The first-order valence-electron chi connectivity index (χ1n) is 7.95. The van der Waals surface area contributed by atoms with Gasteiger partial charge in [0.2, 0.25) is 0 Å². The van der Waals surface area contributed by atoms with E-state index in [4.69, 9.17) is 0 Å². The number of aliphatic hydroxyl groups is 1. The van der Waals surface area contributed by atoms with E-state index >= 15 is 0 Å². The van der Waals surface area contributed by atoms with Gasteiger partial charge in [-0.15, -0.1) is 0 Å². The van der Waals surface area contributed by atoms with E-state index in [1.807, 2.05) is 0 Å². The van der Waals surface area contributed by atoms with Crippen molar-refractivity contribution in [1.29, 1.82) is 0 Å². The molecule has 0 bridgehead atoms. The molecule has 1 aromatic heterocycles. The molecule has 1 rings (SSSR count). The van der Waals surface area contributed by atoms with Gasteiger partial charge < -0.3 is 5.11 Å². The van der Waals surface area contributed by atoms with Crippen LogP contribution < -0.4 is 0 Å². The van der Waals surface area contributed by atoms with Crippen LogP contribution in [0.2, 0.25) is 0 Å². The molecular weight excluding hydrogens is 533 g/mol. The molecule has 1 aromatic rings. The predicted molar refractivity (Wildman–Crippen MR) is 74.5 cm³/mol. The summed E-state index contributed by atoms with van der Waals surface area (Å²) in [4.78, 5) is 3.00. The topological polar surface area (TPSA) is 33.1 Å². The minimum absolute atomic E-state index is 0.0763. The highest BCUT2D eigenvalue weighted by Crippen LogP contribution is 2.65. The van der Waals surface area contributed by atoms with E-state index in [-0.39, 0.29) is 12.3 Å². The third-order valence-electron chi connectivity index (χ3n) is 4.56. The Morgan fingerprint density at radius 1 is 0.559 bits per heavy atom. The number of halogens is 17. The van der Waals surface area contributed by atoms with Crippen LogP contribution in [0.4, 0.5) is 74.6 Å². The summed E-state index contributed by atoms with van der Waals surface area (Å²) in [7, 11) is 0. The molecule has 0 spiro atoms. The van der Waals surface area contributed by atoms with Gasteiger partial charge in [0.15, 0.2) is 5.60 Å². The van der Waals surface area contributed by atoms with Crippen LogP contribution in [0.15, 0.2) is 24.5 Å². The molecule has 19 heteroatoms. The first-order valence-corrected chi connectivity index (χ1v) is 7.95. The fourth-order valence-corrected chi connectivity index (χ4v) is 2.30. The van der Waals surface area contributed by atoms with Crippen LogP contribution in [0, 0.1) is 0 Å². The normalized spacial score (nSPS) is 17.5. The van der Waals surface area contributed by atoms with Crippen molar-refractivity contribution in [1.82, 2.24) is 4.98 Å². The number of pyridine rings is 1. The summed E-state index contributed by atoms with van der Waals surface area (Å²) in [6.07, 6.45) is -7.02. The minimum Gasteiger partial charge on any atom is -0.379 e. The van der Waals surface area contributed by atoms with Gasteiger partial charge in [0, 0.05) is 18.0 Å². The van der Waals surface area contributed by atoms with Crippen LogP contribution >= 0.6 is 0 Å². The monoisotopic (exact) mass is 541 g/mol. The average molecular weight is 541 g/mol. The summed E-state index contributed by atoms with van der Waals surface area (Å²) in [5, 5.41) is 9.62. The third-order valence-corrected chi connectivity index (χ3v) is 4.56. The van der Waals surface area contributed by atoms with E-state index in [9.17, 15) is 79.7 Å². The van der Waals surface area contributed by atoms with E-state index in [0.717, 1.165) is 6.20 Å². The molecule has 0 saturated heterocycles. The summed E-state index contributed by atoms with van der Waals surface area (Å²) in [6.45, 7) is -0.448. The minimum atomic E-state index is -8.72. The zero-order chi connectivity index (χ0) is 27.6. The molecule has 0 aliphatic carbocycles. The zero-order valence-corrected chi connectivity index (χ0v) is 15.6. The number of hydrogen-bond acceptors (Lipinski definition) is 2. The maximum atomic E-state index is 14.2. The lowest BCUT2D eigenvalue weighted by atomic mass is 9.81. The van der Waals surface area contributed by atoms with Crippen molar-refractivity contribution in [2.45, 2.75) is 60.2 Å². The standard InChI is InChI=1S/C15H8F17NO/c1-7(34,6-3-2-4-33-5-6)8(16,17)9(18,19)10(20,21)11(22,23)12(24,25)13(26,27)14(28,29)15(30,31)32/h2-5,34H,1H3. The summed E-state index contributed by atoms with van der Waals surface area (Å²) in [5.41, 5.74) is -6.24. The Kier molecular flexibility index (Phi) is 6.79. The lowest BCUT2D eigenvalue weighted by molar-refractivity contribution is -0.467. The molecule has 34 heavy (non-hydrogen) atoms. The van der Waals surface area contributed by atoms with Crippen LogP contribution in [0.3, 0.4) is 0 Å². The Labute approximate surface area is 176 Å². The van der Waals surface area contributed by atoms with Gasteiger partial charge in [-0.25, -0.2) is 0 Å². The zero-order valence-electron chi connectivity index (χ0n) is 15.6. The van der Waals surface area contributed by atoms with Crippen LogP contribution in [0.1, 0.15) is 12.5 Å². The molecular formula is C15H8F17NO. The number of aromatic nitrogens is 1. The van der Waals surface area contributed by atoms with Crippen molar-refractivity contribution in [3.63, 3.8) is 0 Å². The average Bonchev–Trinajstić information content (AvgIpc) is 2.66. The predicted octanol–water partition coefficient (Wildman–Crippen LogP) is 6.30. The second-order valence-electron chi connectivity index (χ2n) is 6.83. The lowest BCUT2D eigenvalue weighted by Gasteiger charge is -2.45. The highest BCUT2D eigenvalue weighted by molar-refractivity contribution is 5.25. The van der Waals surface area contributed by atoms with E-state index in [1.54, 1.807) is 0 Å². The molecule has 0 amide bonds. The molecule has 1 unspecified atom stereocenters. The van der Waals surface area contributed by atoms with Crippen molar-refractivity contribution in [3.8, 4) is 0 Å². The molecule has 0 saturated carbocycles. The van der Waals surface area contributed by atoms with Crippen LogP contribution in [0.25, 0.3) is 0 Å². The summed E-state index contributed by atoms with van der Waals surface area (Å²) in [6, 6.07) is 0.860. The second kappa shape index (κ2) is 7.71. The Morgan fingerprint density at radius 3 is 1.18 bits per heavy atom. The fraction of sp³-hybridized carbons (Fsp3) is 0.667. The fourth-order valence-electron chi connectivity index (χ4n) is 2.30. The number of rotatable bonds is 8. The third kappa shape index (κ3) is 3.55. The van der Waals surface area contributed by atoms with Gasteiger partial charge in [-0.2, -0.15) is 74.6 Å². The van der Waals surface area contributed by atoms with Crippen LogP contribution in [-0.4, -0.2) is 57.7 Å². The molecule has 1 atom stereocenters. The number of alkyl halides is 17. The molecule has 0 fully saturated rings. The number of hydrogen-bond donors (Lipinski definition) is 1. The molecule has 2 nitrogen and oxygen atoms in total. The molecule has 1 N–H and O–H groups in total. The van der Waals surface area contributed by atoms with E-state index in [1.165, 1.54) is 0 Å². The van der Waals surface area contributed by atoms with Crippen LogP contribution in [-0.2, 0) is 5.60 Å². The van der Waals surface area contributed by atoms with Gasteiger partial charge in [0.25, 0.3) is 0 Å². The smallest absolute Gasteiger partial charge is 0.379 e. The maximum absolute atomic E-state index is 14.2. The molecule has 0 radical (unpaired) electrons. The van der Waals surface area contributed by atoms with Crippen molar-refractivity contribution in [2.75, 3.05) is 0 Å². The first-order chi connectivity index (χ1) is 14.6. The van der Waals surface area contributed by atoms with Gasteiger partial charge in [-0.3, -0.25) is 4.98 Å². The first kappa shape index (κ1) is 30.0. The highest BCUT2D eigenvalue weighted by Gasteiger charge is 2.96. The van der Waals surface area contributed by atoms with E-state index < -0.39 is 65.7 Å². The van der Waals surface area contributed by atoms with Crippen molar-refractivity contribution < 1.29 is 79.7 Å². The molecule has 0 aliphatic rings. The second-order valence-corrected chi connectivity index (χ2v) is 6.83. The van der Waals surface area contributed by atoms with Gasteiger partial charge >= 0.3 is 47.6 Å². The lowest BCUT2D eigenvalue weighted by Crippen LogP contribution is -2.75. The Hall–Kier alpha value is -2.08. The Bertz CT molecular complexity index is 875. The van der Waals surface area contributed by atoms with Gasteiger partial charge in [-0.1, -0.05) is 6.07 Å². The van der Waals surface area contributed by atoms with Crippen LogP contribution in [0.5, 0.6) is 0 Å². The largest absolute Gasteiger partial charge is 0.460 e. The van der Waals surface area contributed by atoms with Crippen molar-refractivity contribution in [3.05, 3.63) is 30.1 Å². The van der Waals surface area contributed by atoms with Gasteiger partial charge in [0.05, 0.1) is 0 Å². The maximum Gasteiger partial charge on any atom is 0.460 e. The summed E-state index contributed by atoms with van der Waals surface area (Å²) >= 11 is 0. The van der Waals surface area contributed by atoms with E-state index in [0.29, 0.717) is 6.07 Å². The molecule has 1 heterocycles. The van der Waals surface area contributed by atoms with Crippen molar-refractivity contribution >= 4 is 0 Å². The van der Waals surface area contributed by atoms with Gasteiger partial charge in [0.1, 0.15) is 0 Å². The van der Waals surface area contributed by atoms with E-state index in [2.05, 4.69) is 4.98 Å². The van der Waals surface area contributed by atoms with Crippen molar-refractivity contribution in [2.24, 2.45) is 0 Å². The highest BCUT2D eigenvalue weighted by atomic mass is 19.4. The number of nitrogens with zero attached hydrogens (tertiary/aromatic N) is 1.